The van der Waals surface area contributed by atoms with E-state index in [-0.39, 0.29) is 17.6 Å². The Bertz CT molecular complexity index is 841. The van der Waals surface area contributed by atoms with Crippen LogP contribution in [0.25, 0.3) is 10.2 Å². The fraction of sp³-hybridized carbons (Fsp3) is 0.312. The highest BCUT2D eigenvalue weighted by atomic mass is 32.2. The first kappa shape index (κ1) is 17.6. The third-order valence-electron chi connectivity index (χ3n) is 3.47. The number of aromatic nitrogens is 5. The van der Waals surface area contributed by atoms with Crippen LogP contribution in [0, 0.1) is 0 Å². The number of thiazole rings is 1. The first-order chi connectivity index (χ1) is 12.2. The molecular weight excluding hydrogens is 356 g/mol. The number of para-hydroxylation sites is 1. The van der Waals surface area contributed by atoms with Crippen molar-refractivity contribution in [3.63, 3.8) is 0 Å². The van der Waals surface area contributed by atoms with E-state index < -0.39 is 0 Å². The highest BCUT2D eigenvalue weighted by Gasteiger charge is 2.14. The average Bonchev–Trinajstić information content (AvgIpc) is 3.24. The van der Waals surface area contributed by atoms with Crippen molar-refractivity contribution in [2.45, 2.75) is 24.5 Å². The van der Waals surface area contributed by atoms with Crippen molar-refractivity contribution in [2.24, 2.45) is 0 Å². The summed E-state index contributed by atoms with van der Waals surface area (Å²) in [4.78, 5) is 16.7. The summed E-state index contributed by atoms with van der Waals surface area (Å²) in [7, 11) is 0. The van der Waals surface area contributed by atoms with Crippen molar-refractivity contribution in [3.8, 4) is 0 Å². The molecule has 3 rings (SSSR count). The van der Waals surface area contributed by atoms with Crippen LogP contribution in [0.1, 0.15) is 17.8 Å². The Kier molecular flexibility index (Phi) is 5.77. The zero-order valence-electron chi connectivity index (χ0n) is 13.8. The van der Waals surface area contributed by atoms with E-state index in [0.717, 1.165) is 10.5 Å². The maximum atomic E-state index is 12.1. The average molecular weight is 374 g/mol. The van der Waals surface area contributed by atoms with Gasteiger partial charge in [-0.1, -0.05) is 36.9 Å². The van der Waals surface area contributed by atoms with E-state index >= 15 is 0 Å². The van der Waals surface area contributed by atoms with Crippen LogP contribution in [-0.4, -0.2) is 43.4 Å². The van der Waals surface area contributed by atoms with Crippen LogP contribution in [0.4, 0.5) is 0 Å². The number of benzene rings is 1. The summed E-state index contributed by atoms with van der Waals surface area (Å²) < 4.78 is 2.77. The number of hydrogen-bond donors (Lipinski definition) is 1. The van der Waals surface area contributed by atoms with Gasteiger partial charge in [0.1, 0.15) is 0 Å². The molecule has 3 aromatic rings. The van der Waals surface area contributed by atoms with Crippen LogP contribution < -0.4 is 5.32 Å². The van der Waals surface area contributed by atoms with Crippen LogP contribution in [0.15, 0.2) is 42.1 Å². The van der Waals surface area contributed by atoms with Crippen molar-refractivity contribution in [2.75, 3.05) is 12.3 Å². The smallest absolute Gasteiger partial charge is 0.230 e. The summed E-state index contributed by atoms with van der Waals surface area (Å²) >= 11 is 2.98. The number of carbonyl (C=O) groups is 1. The number of amides is 1. The SMILES string of the molecule is C=CCn1nnnc1SCC(=O)NCC(C)c1nc2ccccc2s1. The zero-order chi connectivity index (χ0) is 17.6. The number of allylic oxidation sites excluding steroid dienone is 1. The Morgan fingerprint density at radius 2 is 2.32 bits per heavy atom. The molecule has 9 heteroatoms. The molecule has 0 spiro atoms. The van der Waals surface area contributed by atoms with Gasteiger partial charge >= 0.3 is 0 Å². The summed E-state index contributed by atoms with van der Waals surface area (Å²) in [5.41, 5.74) is 1.00. The second-order valence-corrected chi connectivity index (χ2v) is 7.45. The number of carbonyl (C=O) groups excluding carboxylic acids is 1. The predicted molar refractivity (Wildman–Crippen MR) is 99.8 cm³/mol. The highest BCUT2D eigenvalue weighted by Crippen LogP contribution is 2.26. The molecule has 0 aliphatic carbocycles. The van der Waals surface area contributed by atoms with Gasteiger partial charge in [0.2, 0.25) is 11.1 Å². The molecule has 1 atom stereocenters. The number of tetrazole rings is 1. The summed E-state index contributed by atoms with van der Waals surface area (Å²) in [5, 5.41) is 15.9. The molecule has 2 aromatic heterocycles. The second-order valence-electron chi connectivity index (χ2n) is 5.45. The number of rotatable bonds is 8. The molecule has 1 unspecified atom stereocenters. The summed E-state index contributed by atoms with van der Waals surface area (Å²) in [6.45, 7) is 6.79. The third-order valence-corrected chi connectivity index (χ3v) is 5.70. The minimum atomic E-state index is -0.0499. The van der Waals surface area contributed by atoms with Crippen LogP contribution >= 0.6 is 23.1 Å². The molecule has 130 valence electrons. The van der Waals surface area contributed by atoms with Crippen LogP contribution in [0.5, 0.6) is 0 Å². The van der Waals surface area contributed by atoms with Crippen LogP contribution in [0.2, 0.25) is 0 Å². The first-order valence-electron chi connectivity index (χ1n) is 7.79. The van der Waals surface area contributed by atoms with Crippen LogP contribution in [0.3, 0.4) is 0 Å². The van der Waals surface area contributed by atoms with Gasteiger partial charge in [0.05, 0.1) is 27.5 Å². The molecule has 2 heterocycles. The summed E-state index contributed by atoms with van der Waals surface area (Å²) in [5.74, 6) is 0.382. The summed E-state index contributed by atoms with van der Waals surface area (Å²) in [6.07, 6.45) is 1.71. The van der Waals surface area contributed by atoms with Gasteiger partial charge < -0.3 is 5.32 Å². The van der Waals surface area contributed by atoms with Crippen molar-refractivity contribution >= 4 is 39.2 Å². The molecule has 0 radical (unpaired) electrons. The molecule has 1 amide bonds. The molecule has 0 aliphatic rings. The quantitative estimate of drug-likeness (QED) is 0.482. The van der Waals surface area contributed by atoms with E-state index in [2.05, 4.69) is 45.4 Å². The van der Waals surface area contributed by atoms with Gasteiger partial charge in [0.25, 0.3) is 0 Å². The number of thioether (sulfide) groups is 1. The van der Waals surface area contributed by atoms with Crippen molar-refractivity contribution in [1.29, 1.82) is 0 Å². The first-order valence-corrected chi connectivity index (χ1v) is 9.59. The fourth-order valence-electron chi connectivity index (χ4n) is 2.17. The highest BCUT2D eigenvalue weighted by molar-refractivity contribution is 7.99. The normalized spacial score (nSPS) is 12.2. The molecule has 0 bridgehead atoms. The Labute approximate surface area is 153 Å². The van der Waals surface area contributed by atoms with Crippen molar-refractivity contribution in [1.82, 2.24) is 30.5 Å². The number of nitrogens with one attached hydrogen (secondary N) is 1. The van der Waals surface area contributed by atoms with E-state index in [4.69, 9.17) is 0 Å². The third kappa shape index (κ3) is 4.43. The van der Waals surface area contributed by atoms with Gasteiger partial charge in [-0.05, 0) is 22.6 Å². The second kappa shape index (κ2) is 8.21. The van der Waals surface area contributed by atoms with Gasteiger partial charge in [-0.2, -0.15) is 0 Å². The zero-order valence-corrected chi connectivity index (χ0v) is 15.4. The van der Waals surface area contributed by atoms with Gasteiger partial charge in [0, 0.05) is 12.5 Å². The van der Waals surface area contributed by atoms with E-state index in [1.807, 2.05) is 18.2 Å². The molecule has 0 saturated carbocycles. The molecule has 7 nitrogen and oxygen atoms in total. The Hall–Kier alpha value is -2.26. The molecule has 1 aromatic carbocycles. The maximum Gasteiger partial charge on any atom is 0.230 e. The minimum absolute atomic E-state index is 0.0499. The monoisotopic (exact) mass is 374 g/mol. The molecule has 0 aliphatic heterocycles. The molecule has 0 saturated heterocycles. The lowest BCUT2D eigenvalue weighted by Gasteiger charge is -2.09. The number of hydrogen-bond acceptors (Lipinski definition) is 7. The fourth-order valence-corrected chi connectivity index (χ4v) is 3.91. The Morgan fingerprint density at radius 3 is 3.12 bits per heavy atom. The van der Waals surface area contributed by atoms with E-state index in [1.165, 1.54) is 16.5 Å². The Morgan fingerprint density at radius 1 is 1.48 bits per heavy atom. The lowest BCUT2D eigenvalue weighted by Crippen LogP contribution is -2.29. The van der Waals surface area contributed by atoms with Gasteiger partial charge in [-0.15, -0.1) is 23.0 Å². The van der Waals surface area contributed by atoms with Gasteiger partial charge in [0.15, 0.2) is 0 Å². The van der Waals surface area contributed by atoms with E-state index in [9.17, 15) is 4.79 Å². The van der Waals surface area contributed by atoms with Crippen molar-refractivity contribution in [3.05, 3.63) is 41.9 Å². The van der Waals surface area contributed by atoms with Gasteiger partial charge in [-0.25, -0.2) is 9.67 Å². The minimum Gasteiger partial charge on any atom is -0.355 e. The molecule has 0 fully saturated rings. The number of nitrogens with zero attached hydrogens (tertiary/aromatic N) is 5. The van der Waals surface area contributed by atoms with Gasteiger partial charge in [-0.3, -0.25) is 4.79 Å². The van der Waals surface area contributed by atoms with Crippen molar-refractivity contribution < 1.29 is 4.79 Å². The van der Waals surface area contributed by atoms with Crippen LogP contribution in [-0.2, 0) is 11.3 Å². The molecule has 25 heavy (non-hydrogen) atoms. The predicted octanol–water partition coefficient (Wildman–Crippen LogP) is 2.48. The Balaban J connectivity index is 1.49. The standard InChI is InChI=1S/C16H18N6OS2/c1-3-8-22-16(19-20-21-22)24-10-14(23)17-9-11(2)15-18-12-6-4-5-7-13(12)25-15/h3-7,11H,1,8-10H2,2H3,(H,17,23). The maximum absolute atomic E-state index is 12.1. The molecule has 1 N–H and O–H groups in total. The topological polar surface area (TPSA) is 85.6 Å². The number of fused-ring (bicyclic) bond motifs is 1. The largest absolute Gasteiger partial charge is 0.355 e. The van der Waals surface area contributed by atoms with E-state index in [0.29, 0.717) is 18.2 Å². The molecular formula is C16H18N6OS2. The lowest BCUT2D eigenvalue weighted by atomic mass is 10.2. The van der Waals surface area contributed by atoms with E-state index in [1.54, 1.807) is 22.1 Å². The summed E-state index contributed by atoms with van der Waals surface area (Å²) in [6, 6.07) is 8.06. The lowest BCUT2D eigenvalue weighted by molar-refractivity contribution is -0.118.